The third-order valence-corrected chi connectivity index (χ3v) is 5.47. The number of amides is 1. The first-order valence-corrected chi connectivity index (χ1v) is 8.87. The summed E-state index contributed by atoms with van der Waals surface area (Å²) in [4.78, 5) is 19.1. The molecule has 1 aromatic carbocycles. The molecule has 1 saturated heterocycles. The fraction of sp³-hybridized carbons (Fsp3) is 0.333. The number of rotatable bonds is 2. The van der Waals surface area contributed by atoms with E-state index in [9.17, 15) is 9.90 Å². The number of hydrogen-bond donors (Lipinski definition) is 2. The van der Waals surface area contributed by atoms with Gasteiger partial charge < -0.3 is 15.3 Å². The van der Waals surface area contributed by atoms with Crippen molar-refractivity contribution in [1.29, 1.82) is 0 Å². The summed E-state index contributed by atoms with van der Waals surface area (Å²) in [5.74, 6) is 0.150. The summed E-state index contributed by atoms with van der Waals surface area (Å²) in [5, 5.41) is 13.2. The van der Waals surface area contributed by atoms with Gasteiger partial charge in [0.2, 0.25) is 0 Å². The van der Waals surface area contributed by atoms with Crippen LogP contribution in [0.5, 0.6) is 0 Å². The van der Waals surface area contributed by atoms with Gasteiger partial charge >= 0.3 is 0 Å². The Kier molecular flexibility index (Phi) is 4.02. The highest BCUT2D eigenvalue weighted by Gasteiger charge is 2.46. The van der Waals surface area contributed by atoms with Crippen molar-refractivity contribution in [2.24, 2.45) is 5.92 Å². The number of benzene rings is 1. The van der Waals surface area contributed by atoms with Crippen molar-refractivity contribution in [3.8, 4) is 0 Å². The molecule has 0 saturated carbocycles. The van der Waals surface area contributed by atoms with E-state index >= 15 is 0 Å². The van der Waals surface area contributed by atoms with Crippen molar-refractivity contribution in [1.82, 2.24) is 9.88 Å². The Hall–Kier alpha value is -1.92. The molecule has 2 aromatic rings. The number of halogens is 1. The maximum absolute atomic E-state index is 13.0. The molecule has 4 rings (SSSR count). The van der Waals surface area contributed by atoms with E-state index in [1.165, 1.54) is 0 Å². The molecular formula is C18H18BrN3O2. The predicted molar refractivity (Wildman–Crippen MR) is 94.8 cm³/mol. The number of hydrogen-bond acceptors (Lipinski definition) is 4. The Balaban J connectivity index is 1.75. The first kappa shape index (κ1) is 15.6. The molecule has 2 N–H and O–H groups in total. The van der Waals surface area contributed by atoms with Crippen LogP contribution in [0.2, 0.25) is 0 Å². The second-order valence-electron chi connectivity index (χ2n) is 6.28. The third-order valence-electron chi connectivity index (χ3n) is 4.98. The number of aromatic nitrogens is 1. The Morgan fingerprint density at radius 2 is 2.25 bits per heavy atom. The highest BCUT2D eigenvalue weighted by Crippen LogP contribution is 2.47. The van der Waals surface area contributed by atoms with Gasteiger partial charge in [-0.25, -0.2) is 0 Å². The highest BCUT2D eigenvalue weighted by atomic mass is 79.9. The predicted octanol–water partition coefficient (Wildman–Crippen LogP) is 2.83. The van der Waals surface area contributed by atoms with Crippen molar-refractivity contribution in [3.63, 3.8) is 0 Å². The molecule has 1 fully saturated rings. The van der Waals surface area contributed by atoms with Crippen LogP contribution in [0.1, 0.15) is 28.5 Å². The normalized spacial score (nSPS) is 24.9. The van der Waals surface area contributed by atoms with Crippen molar-refractivity contribution in [2.45, 2.75) is 18.5 Å². The zero-order valence-electron chi connectivity index (χ0n) is 13.0. The minimum Gasteiger partial charge on any atom is -0.394 e. The fourth-order valence-electron chi connectivity index (χ4n) is 3.90. The van der Waals surface area contributed by atoms with Crippen molar-refractivity contribution < 1.29 is 9.90 Å². The van der Waals surface area contributed by atoms with E-state index in [4.69, 9.17) is 0 Å². The minimum atomic E-state index is -0.0485. The number of pyridine rings is 1. The molecule has 5 nitrogen and oxygen atoms in total. The number of aliphatic hydroxyl groups is 1. The molecule has 1 aromatic heterocycles. The zero-order valence-corrected chi connectivity index (χ0v) is 14.6. The summed E-state index contributed by atoms with van der Waals surface area (Å²) < 4.78 is 0.987. The van der Waals surface area contributed by atoms with Crippen LogP contribution < -0.4 is 5.32 Å². The van der Waals surface area contributed by atoms with Crippen LogP contribution >= 0.6 is 15.9 Å². The Morgan fingerprint density at radius 3 is 3.00 bits per heavy atom. The van der Waals surface area contributed by atoms with E-state index in [0.29, 0.717) is 12.2 Å². The topological polar surface area (TPSA) is 65.5 Å². The van der Waals surface area contributed by atoms with Gasteiger partial charge in [-0.1, -0.05) is 22.0 Å². The summed E-state index contributed by atoms with van der Waals surface area (Å²) >= 11 is 3.53. The third kappa shape index (κ3) is 2.50. The van der Waals surface area contributed by atoms with Crippen LogP contribution in [-0.4, -0.2) is 40.1 Å². The number of likely N-dealkylation sites (tertiary alicyclic amines) is 1. The van der Waals surface area contributed by atoms with E-state index < -0.39 is 0 Å². The summed E-state index contributed by atoms with van der Waals surface area (Å²) in [6, 6.07) is 11.4. The van der Waals surface area contributed by atoms with Gasteiger partial charge in [-0.3, -0.25) is 9.78 Å². The molecule has 1 amide bonds. The molecule has 0 radical (unpaired) electrons. The molecule has 124 valence electrons. The molecule has 0 unspecified atom stereocenters. The molecular weight excluding hydrogens is 370 g/mol. The van der Waals surface area contributed by atoms with E-state index in [2.05, 4.69) is 32.3 Å². The van der Waals surface area contributed by atoms with Crippen LogP contribution in [0.25, 0.3) is 0 Å². The van der Waals surface area contributed by atoms with E-state index in [1.807, 2.05) is 29.2 Å². The second kappa shape index (κ2) is 6.18. The van der Waals surface area contributed by atoms with Crippen LogP contribution in [0.4, 0.5) is 5.69 Å². The Morgan fingerprint density at radius 1 is 1.38 bits per heavy atom. The molecule has 24 heavy (non-hydrogen) atoms. The van der Waals surface area contributed by atoms with E-state index in [0.717, 1.165) is 22.1 Å². The highest BCUT2D eigenvalue weighted by molar-refractivity contribution is 9.10. The molecule has 0 spiro atoms. The van der Waals surface area contributed by atoms with Crippen molar-refractivity contribution in [3.05, 3.63) is 58.3 Å². The summed E-state index contributed by atoms with van der Waals surface area (Å²) in [6.07, 6.45) is 2.51. The van der Waals surface area contributed by atoms with Crippen molar-refractivity contribution in [2.75, 3.05) is 18.5 Å². The van der Waals surface area contributed by atoms with Gasteiger partial charge in [0.25, 0.3) is 5.91 Å². The van der Waals surface area contributed by atoms with Gasteiger partial charge in [-0.05, 0) is 42.3 Å². The van der Waals surface area contributed by atoms with Gasteiger partial charge in [0, 0.05) is 28.8 Å². The molecule has 6 heteroatoms. The number of carbonyl (C=O) groups excluding carboxylic acids is 1. The lowest BCUT2D eigenvalue weighted by Gasteiger charge is -2.39. The quantitative estimate of drug-likeness (QED) is 0.831. The lowest BCUT2D eigenvalue weighted by Crippen LogP contribution is -2.43. The van der Waals surface area contributed by atoms with Gasteiger partial charge in [0.1, 0.15) is 5.69 Å². The number of nitrogens with zero attached hydrogens (tertiary/aromatic N) is 2. The lowest BCUT2D eigenvalue weighted by atomic mass is 9.83. The molecule has 2 aliphatic rings. The molecule has 3 atom stereocenters. The largest absolute Gasteiger partial charge is 0.394 e. The van der Waals surface area contributed by atoms with Crippen LogP contribution in [0.3, 0.4) is 0 Å². The second-order valence-corrected chi connectivity index (χ2v) is 7.19. The number of carbonyl (C=O) groups is 1. The van der Waals surface area contributed by atoms with Crippen molar-refractivity contribution >= 4 is 27.5 Å². The number of anilines is 1. The number of fused-ring (bicyclic) bond motifs is 3. The SMILES string of the molecule is O=C(c1ccccn1)N1CC[C@@H]2[C@H](CO)Nc3ccc(Br)cc3[C@@H]21. The standard InChI is InChI=1S/C18H18BrN3O2/c19-11-4-5-14-13(9-11)17-12(16(10-23)21-14)6-8-22(17)18(24)15-3-1-2-7-20-15/h1-5,7,9,12,16-17,21,23H,6,8,10H2/t12-,16+,17-/m1/s1. The van der Waals surface area contributed by atoms with Crippen LogP contribution in [0, 0.1) is 5.92 Å². The molecule has 2 aliphatic heterocycles. The van der Waals surface area contributed by atoms with E-state index in [1.54, 1.807) is 12.3 Å². The maximum Gasteiger partial charge on any atom is 0.272 e. The smallest absolute Gasteiger partial charge is 0.272 e. The van der Waals surface area contributed by atoms with Gasteiger partial charge in [-0.15, -0.1) is 0 Å². The molecule has 3 heterocycles. The first-order chi connectivity index (χ1) is 11.7. The molecule has 0 bridgehead atoms. The summed E-state index contributed by atoms with van der Waals surface area (Å²) in [5.41, 5.74) is 2.55. The first-order valence-electron chi connectivity index (χ1n) is 8.08. The zero-order chi connectivity index (χ0) is 16.7. The monoisotopic (exact) mass is 387 g/mol. The van der Waals surface area contributed by atoms with Crippen LogP contribution in [0.15, 0.2) is 47.1 Å². The van der Waals surface area contributed by atoms with Gasteiger partial charge in [-0.2, -0.15) is 0 Å². The lowest BCUT2D eigenvalue weighted by molar-refractivity contribution is 0.0695. The average molecular weight is 388 g/mol. The summed E-state index contributed by atoms with van der Waals surface area (Å²) in [7, 11) is 0. The Labute approximate surface area is 148 Å². The van der Waals surface area contributed by atoms with Crippen LogP contribution in [-0.2, 0) is 0 Å². The maximum atomic E-state index is 13.0. The number of aliphatic hydroxyl groups excluding tert-OH is 1. The number of nitrogens with one attached hydrogen (secondary N) is 1. The Bertz CT molecular complexity index is 768. The average Bonchev–Trinajstić information content (AvgIpc) is 3.06. The van der Waals surface area contributed by atoms with E-state index in [-0.39, 0.29) is 30.5 Å². The molecule has 0 aliphatic carbocycles. The van der Waals surface area contributed by atoms with Gasteiger partial charge in [0.15, 0.2) is 0 Å². The van der Waals surface area contributed by atoms with Gasteiger partial charge in [0.05, 0.1) is 18.7 Å². The minimum absolute atomic E-state index is 0.0367. The fourth-order valence-corrected chi connectivity index (χ4v) is 4.28. The summed E-state index contributed by atoms with van der Waals surface area (Å²) in [6.45, 7) is 0.733.